The van der Waals surface area contributed by atoms with E-state index in [1.54, 1.807) is 0 Å². The number of ether oxygens (including phenoxy) is 1. The predicted molar refractivity (Wildman–Crippen MR) is 75.0 cm³/mol. The predicted octanol–water partition coefficient (Wildman–Crippen LogP) is 1.11. The zero-order valence-electron chi connectivity index (χ0n) is 11.7. The number of carbonyl (C=O) groups is 2. The van der Waals surface area contributed by atoms with Gasteiger partial charge in [-0.25, -0.2) is 0 Å². The lowest BCUT2D eigenvalue weighted by Gasteiger charge is -2.28. The first kappa shape index (κ1) is 14.5. The molecule has 1 aromatic carbocycles. The van der Waals surface area contributed by atoms with Crippen LogP contribution >= 0.6 is 0 Å². The van der Waals surface area contributed by atoms with E-state index in [0.717, 1.165) is 12.1 Å². The summed E-state index contributed by atoms with van der Waals surface area (Å²) < 4.78 is 4.69. The van der Waals surface area contributed by atoms with E-state index in [9.17, 15) is 9.59 Å². The molecule has 1 aliphatic heterocycles. The number of amides is 1. The van der Waals surface area contributed by atoms with Crippen LogP contribution in [0.3, 0.4) is 0 Å². The molecule has 20 heavy (non-hydrogen) atoms. The summed E-state index contributed by atoms with van der Waals surface area (Å²) in [4.78, 5) is 25.3. The van der Waals surface area contributed by atoms with Crippen molar-refractivity contribution in [2.24, 2.45) is 0 Å². The zero-order valence-corrected chi connectivity index (χ0v) is 11.7. The summed E-state index contributed by atoms with van der Waals surface area (Å²) in [6, 6.07) is 9.96. The molecule has 1 aliphatic rings. The Balaban J connectivity index is 2.12. The molecule has 1 fully saturated rings. The molecule has 1 unspecified atom stereocenters. The minimum atomic E-state index is -0.222. The van der Waals surface area contributed by atoms with Crippen molar-refractivity contribution in [2.75, 3.05) is 26.7 Å². The van der Waals surface area contributed by atoms with Gasteiger partial charge in [-0.3, -0.25) is 14.5 Å². The van der Waals surface area contributed by atoms with Crippen LogP contribution in [0.25, 0.3) is 0 Å². The SMILES string of the molecule is COC(=O)CCN1CCNC(=O)CC1c1ccccc1. The molecule has 1 N–H and O–H groups in total. The molecule has 2 rings (SSSR count). The van der Waals surface area contributed by atoms with Crippen LogP contribution in [0.5, 0.6) is 0 Å². The Morgan fingerprint density at radius 2 is 2.15 bits per heavy atom. The van der Waals surface area contributed by atoms with Crippen LogP contribution in [0.2, 0.25) is 0 Å². The van der Waals surface area contributed by atoms with E-state index < -0.39 is 0 Å². The van der Waals surface area contributed by atoms with Gasteiger partial charge in [-0.1, -0.05) is 30.3 Å². The molecule has 1 heterocycles. The second kappa shape index (κ2) is 7.05. The van der Waals surface area contributed by atoms with Crippen LogP contribution in [0.4, 0.5) is 0 Å². The lowest BCUT2D eigenvalue weighted by atomic mass is 10.0. The van der Waals surface area contributed by atoms with Gasteiger partial charge < -0.3 is 10.1 Å². The molecule has 5 nitrogen and oxygen atoms in total. The lowest BCUT2D eigenvalue weighted by Crippen LogP contribution is -2.33. The highest BCUT2D eigenvalue weighted by molar-refractivity contribution is 5.77. The molecule has 5 heteroatoms. The van der Waals surface area contributed by atoms with Crippen molar-refractivity contribution < 1.29 is 14.3 Å². The van der Waals surface area contributed by atoms with Gasteiger partial charge in [-0.2, -0.15) is 0 Å². The van der Waals surface area contributed by atoms with E-state index in [0.29, 0.717) is 25.9 Å². The quantitative estimate of drug-likeness (QED) is 0.837. The molecule has 1 aromatic rings. The standard InChI is InChI=1S/C15H20N2O3/c1-20-15(19)7-9-17-10-8-16-14(18)11-13(17)12-5-3-2-4-6-12/h2-6,13H,7-11H2,1H3,(H,16,18). The third-order valence-corrected chi connectivity index (χ3v) is 3.56. The number of hydrogen-bond donors (Lipinski definition) is 1. The van der Waals surface area contributed by atoms with Crippen molar-refractivity contribution in [3.05, 3.63) is 35.9 Å². The van der Waals surface area contributed by atoms with E-state index in [4.69, 9.17) is 0 Å². The first-order valence-electron chi connectivity index (χ1n) is 6.83. The maximum Gasteiger partial charge on any atom is 0.306 e. The fraction of sp³-hybridized carbons (Fsp3) is 0.467. The van der Waals surface area contributed by atoms with Crippen molar-refractivity contribution in [2.45, 2.75) is 18.9 Å². The molecular weight excluding hydrogens is 256 g/mol. The summed E-state index contributed by atoms with van der Waals surface area (Å²) in [5.74, 6) is -0.167. The number of hydrogen-bond acceptors (Lipinski definition) is 4. The van der Waals surface area contributed by atoms with Gasteiger partial charge in [0.05, 0.1) is 13.5 Å². The summed E-state index contributed by atoms with van der Waals surface area (Å²) in [5, 5.41) is 2.88. The topological polar surface area (TPSA) is 58.6 Å². The number of methoxy groups -OCH3 is 1. The van der Waals surface area contributed by atoms with Gasteiger partial charge in [0.25, 0.3) is 0 Å². The van der Waals surface area contributed by atoms with Crippen LogP contribution in [-0.4, -0.2) is 43.5 Å². The van der Waals surface area contributed by atoms with Gasteiger partial charge in [0.2, 0.25) is 5.91 Å². The van der Waals surface area contributed by atoms with Gasteiger partial charge in [-0.05, 0) is 5.56 Å². The van der Waals surface area contributed by atoms with Gasteiger partial charge in [0, 0.05) is 32.1 Å². The van der Waals surface area contributed by atoms with Gasteiger partial charge in [0.15, 0.2) is 0 Å². The van der Waals surface area contributed by atoms with Crippen LogP contribution in [-0.2, 0) is 14.3 Å². The van der Waals surface area contributed by atoms with E-state index in [2.05, 4.69) is 15.0 Å². The number of rotatable bonds is 4. The molecule has 0 aromatic heterocycles. The molecule has 0 radical (unpaired) electrons. The fourth-order valence-electron chi connectivity index (χ4n) is 2.48. The Morgan fingerprint density at radius 1 is 1.40 bits per heavy atom. The minimum Gasteiger partial charge on any atom is -0.469 e. The first-order valence-corrected chi connectivity index (χ1v) is 6.83. The molecule has 0 saturated carbocycles. The van der Waals surface area contributed by atoms with Gasteiger partial charge >= 0.3 is 5.97 Å². The highest BCUT2D eigenvalue weighted by Gasteiger charge is 2.26. The van der Waals surface area contributed by atoms with Crippen LogP contribution in [0.1, 0.15) is 24.4 Å². The second-order valence-corrected chi connectivity index (χ2v) is 4.84. The van der Waals surface area contributed by atoms with Crippen molar-refractivity contribution in [3.8, 4) is 0 Å². The monoisotopic (exact) mass is 276 g/mol. The summed E-state index contributed by atoms with van der Waals surface area (Å²) in [6.45, 7) is 1.95. The van der Waals surface area contributed by atoms with E-state index >= 15 is 0 Å². The summed E-state index contributed by atoms with van der Waals surface area (Å²) in [6.07, 6.45) is 0.763. The lowest BCUT2D eigenvalue weighted by molar-refractivity contribution is -0.141. The number of esters is 1. The smallest absolute Gasteiger partial charge is 0.306 e. The molecule has 1 amide bonds. The Labute approximate surface area is 118 Å². The van der Waals surface area contributed by atoms with E-state index in [1.165, 1.54) is 7.11 Å². The number of nitrogens with zero attached hydrogens (tertiary/aromatic N) is 1. The summed E-state index contributed by atoms with van der Waals surface area (Å²) in [7, 11) is 1.39. The molecule has 1 atom stereocenters. The van der Waals surface area contributed by atoms with Crippen LogP contribution < -0.4 is 5.32 Å². The molecule has 0 aliphatic carbocycles. The van der Waals surface area contributed by atoms with E-state index in [-0.39, 0.29) is 17.9 Å². The van der Waals surface area contributed by atoms with Crippen molar-refractivity contribution in [3.63, 3.8) is 0 Å². The fourth-order valence-corrected chi connectivity index (χ4v) is 2.48. The van der Waals surface area contributed by atoms with Crippen LogP contribution in [0, 0.1) is 0 Å². The first-order chi connectivity index (χ1) is 9.70. The number of carbonyl (C=O) groups excluding carboxylic acids is 2. The third kappa shape index (κ3) is 3.81. The molecule has 0 spiro atoms. The number of nitrogens with one attached hydrogen (secondary N) is 1. The normalized spacial score (nSPS) is 20.1. The van der Waals surface area contributed by atoms with Crippen molar-refractivity contribution in [1.82, 2.24) is 10.2 Å². The Morgan fingerprint density at radius 3 is 2.85 bits per heavy atom. The van der Waals surface area contributed by atoms with Crippen molar-refractivity contribution >= 4 is 11.9 Å². The maximum atomic E-state index is 11.8. The Hall–Kier alpha value is -1.88. The molecule has 0 bridgehead atoms. The molecule has 108 valence electrons. The average molecular weight is 276 g/mol. The Bertz CT molecular complexity index is 461. The summed E-state index contributed by atoms with van der Waals surface area (Å²) in [5.41, 5.74) is 1.11. The minimum absolute atomic E-state index is 0.0170. The average Bonchev–Trinajstić information content (AvgIpc) is 2.67. The zero-order chi connectivity index (χ0) is 14.4. The Kier molecular flexibility index (Phi) is 5.12. The second-order valence-electron chi connectivity index (χ2n) is 4.84. The van der Waals surface area contributed by atoms with Gasteiger partial charge in [-0.15, -0.1) is 0 Å². The highest BCUT2D eigenvalue weighted by Crippen LogP contribution is 2.25. The van der Waals surface area contributed by atoms with Crippen LogP contribution in [0.15, 0.2) is 30.3 Å². The van der Waals surface area contributed by atoms with Crippen molar-refractivity contribution in [1.29, 1.82) is 0 Å². The largest absolute Gasteiger partial charge is 0.469 e. The molecular formula is C15H20N2O3. The number of benzene rings is 1. The molecule has 1 saturated heterocycles. The highest BCUT2D eigenvalue weighted by atomic mass is 16.5. The third-order valence-electron chi connectivity index (χ3n) is 3.56. The summed E-state index contributed by atoms with van der Waals surface area (Å²) >= 11 is 0. The maximum absolute atomic E-state index is 11.8. The van der Waals surface area contributed by atoms with E-state index in [1.807, 2.05) is 30.3 Å². The van der Waals surface area contributed by atoms with Gasteiger partial charge in [0.1, 0.15) is 0 Å².